The number of carboxylic acids is 1. The monoisotopic (exact) mass is 609 g/mol. The van der Waals surface area contributed by atoms with Crippen LogP contribution in [-0.4, -0.2) is 50.9 Å². The number of fused-ring (bicyclic) bond motifs is 2. The first kappa shape index (κ1) is 28.8. The predicted molar refractivity (Wildman–Crippen MR) is 151 cm³/mol. The van der Waals surface area contributed by atoms with Gasteiger partial charge in [-0.1, -0.05) is 11.2 Å². The zero-order chi connectivity index (χ0) is 30.5. The van der Waals surface area contributed by atoms with E-state index in [1.807, 2.05) is 9.48 Å². The van der Waals surface area contributed by atoms with Crippen molar-refractivity contribution in [2.24, 2.45) is 5.11 Å². The average Bonchev–Trinajstić information content (AvgIpc) is 3.02. The lowest BCUT2D eigenvalue weighted by molar-refractivity contribution is -0.535. The number of hydrogen-bond donors (Lipinski definition) is 0. The zero-order valence-electron chi connectivity index (χ0n) is 22.9. The van der Waals surface area contributed by atoms with Crippen LogP contribution >= 0.6 is 0 Å². The van der Waals surface area contributed by atoms with Crippen molar-refractivity contribution in [1.29, 1.82) is 0 Å². The third-order valence-corrected chi connectivity index (χ3v) is 10.2. The van der Waals surface area contributed by atoms with Crippen molar-refractivity contribution in [2.45, 2.75) is 43.4 Å². The maximum Gasteiger partial charge on any atom is 0.208 e. The molecular weight excluding hydrogens is 583 g/mol. The minimum absolute atomic E-state index is 0.0988. The van der Waals surface area contributed by atoms with E-state index in [-0.39, 0.29) is 26.5 Å². The smallest absolute Gasteiger partial charge is 0.208 e. The van der Waals surface area contributed by atoms with E-state index in [0.717, 1.165) is 38.5 Å². The van der Waals surface area contributed by atoms with Gasteiger partial charge in [0.2, 0.25) is 15.5 Å². The average molecular weight is 610 g/mol. The maximum atomic E-state index is 16.1. The Morgan fingerprint density at radius 3 is 2.35 bits per heavy atom. The van der Waals surface area contributed by atoms with Gasteiger partial charge < -0.3 is 14.8 Å². The molecule has 9 nitrogen and oxygen atoms in total. The molecule has 3 aliphatic heterocycles. The number of piperidine rings is 2. The van der Waals surface area contributed by atoms with Crippen molar-refractivity contribution in [3.8, 4) is 0 Å². The summed E-state index contributed by atoms with van der Waals surface area (Å²) in [6.45, 7) is 2.81. The van der Waals surface area contributed by atoms with Gasteiger partial charge in [0.15, 0.2) is 11.6 Å². The molecule has 13 heteroatoms. The Morgan fingerprint density at radius 2 is 1.67 bits per heavy atom. The summed E-state index contributed by atoms with van der Waals surface area (Å²) in [5.41, 5.74) is 5.85. The number of hydrogen-bond acceptors (Lipinski definition) is 6. The summed E-state index contributed by atoms with van der Waals surface area (Å²) >= 11 is 0. The Bertz CT molecular complexity index is 1860. The first-order valence-electron chi connectivity index (χ1n) is 14.0. The molecule has 6 rings (SSSR count). The van der Waals surface area contributed by atoms with Crippen LogP contribution in [0.1, 0.15) is 60.0 Å². The molecule has 0 aromatic heterocycles. The summed E-state index contributed by atoms with van der Waals surface area (Å²) in [7, 11) is -4.26. The third-order valence-electron chi connectivity index (χ3n) is 8.39. The summed E-state index contributed by atoms with van der Waals surface area (Å²) in [6, 6.07) is 4.51. The van der Waals surface area contributed by atoms with Crippen LogP contribution in [0.5, 0.6) is 0 Å². The molecular formula is C30H26F3N5O4S. The van der Waals surface area contributed by atoms with Crippen LogP contribution in [0, 0.1) is 17.5 Å². The number of carboxylic acid groups (broad SMARTS) is 1. The van der Waals surface area contributed by atoms with Gasteiger partial charge >= 0.3 is 0 Å². The number of aromatic carboxylic acids is 1. The molecule has 4 aliphatic rings. The number of anilines is 1. The Balaban J connectivity index is 1.71. The first-order valence-corrected chi connectivity index (χ1v) is 15.5. The fourth-order valence-electron chi connectivity index (χ4n) is 6.32. The second kappa shape index (κ2) is 11.1. The van der Waals surface area contributed by atoms with E-state index in [2.05, 4.69) is 10.0 Å². The number of benzene rings is 2. The van der Waals surface area contributed by atoms with Crippen molar-refractivity contribution in [1.82, 2.24) is 0 Å². The SMILES string of the molecule is [N-]=[N+]=Nc1c(F)c(F)c(C(=O)[O-])c(C2=C3C=CC(=[N+]4CCCCC4)C=C3S(=O)(=O)c3cc(N4CCCCC4)ccc32)c1F. The number of carbonyl (C=O) groups is 1. The highest BCUT2D eigenvalue weighted by Crippen LogP contribution is 2.49. The van der Waals surface area contributed by atoms with Gasteiger partial charge in [0.05, 0.1) is 15.8 Å². The van der Waals surface area contributed by atoms with Gasteiger partial charge in [-0.25, -0.2) is 26.2 Å². The van der Waals surface area contributed by atoms with Gasteiger partial charge in [0.1, 0.15) is 24.6 Å². The maximum absolute atomic E-state index is 16.1. The van der Waals surface area contributed by atoms with Crippen molar-refractivity contribution in [3.63, 3.8) is 0 Å². The van der Waals surface area contributed by atoms with E-state index in [9.17, 15) is 22.7 Å². The van der Waals surface area contributed by atoms with Gasteiger partial charge in [-0.05, 0) is 49.4 Å². The molecule has 43 heavy (non-hydrogen) atoms. The minimum Gasteiger partial charge on any atom is -0.545 e. The van der Waals surface area contributed by atoms with E-state index in [0.29, 0.717) is 37.6 Å². The first-order chi connectivity index (χ1) is 20.6. The highest BCUT2D eigenvalue weighted by Gasteiger charge is 2.40. The summed E-state index contributed by atoms with van der Waals surface area (Å²) in [5, 5.41) is 15.1. The molecule has 2 aromatic rings. The van der Waals surface area contributed by atoms with E-state index in [1.165, 1.54) is 24.3 Å². The van der Waals surface area contributed by atoms with Crippen molar-refractivity contribution in [2.75, 3.05) is 31.1 Å². The Kier molecular flexibility index (Phi) is 7.39. The van der Waals surface area contributed by atoms with Crippen LogP contribution in [0.4, 0.5) is 24.5 Å². The number of carbonyl (C=O) groups excluding carboxylic acids is 1. The number of rotatable bonds is 4. The van der Waals surface area contributed by atoms with Crippen LogP contribution in [0.25, 0.3) is 16.0 Å². The van der Waals surface area contributed by atoms with Crippen LogP contribution in [-0.2, 0) is 9.84 Å². The summed E-state index contributed by atoms with van der Waals surface area (Å²) in [5.74, 6) is -7.86. The zero-order valence-corrected chi connectivity index (χ0v) is 23.8. The third kappa shape index (κ3) is 4.72. The molecule has 0 saturated carbocycles. The van der Waals surface area contributed by atoms with Crippen molar-refractivity contribution < 1.29 is 36.1 Å². The summed E-state index contributed by atoms with van der Waals surface area (Å²) in [6.07, 6.45) is 10.3. The normalized spacial score (nSPS) is 19.4. The standard InChI is InChI=1S/C30H26F3N5O4S/c31-26-25(30(39)40)24(27(32)29(28(26)33)35-36-34)23-19-9-7-17(37-11-3-1-4-12-37)15-21(19)43(41,42)22-16-18(8-10-20(22)23)38-13-5-2-6-14-38/h7-10,15-16H,1-6,11-14H2. The van der Waals surface area contributed by atoms with Crippen LogP contribution in [0.2, 0.25) is 0 Å². The Hall–Kier alpha value is -4.35. The Morgan fingerprint density at radius 1 is 0.977 bits per heavy atom. The molecule has 2 fully saturated rings. The summed E-state index contributed by atoms with van der Waals surface area (Å²) in [4.78, 5) is 16.1. The van der Waals surface area contributed by atoms with Gasteiger partial charge in [0, 0.05) is 76.5 Å². The highest BCUT2D eigenvalue weighted by atomic mass is 32.2. The fourth-order valence-corrected chi connectivity index (χ4v) is 8.03. The fraction of sp³-hybridized carbons (Fsp3) is 0.333. The number of allylic oxidation sites excluding steroid dienone is 4. The van der Waals surface area contributed by atoms with Gasteiger partial charge in [-0.3, -0.25) is 0 Å². The second-order valence-corrected chi connectivity index (χ2v) is 12.7. The lowest BCUT2D eigenvalue weighted by Crippen LogP contribution is -2.31. The number of azide groups is 1. The van der Waals surface area contributed by atoms with E-state index in [1.54, 1.807) is 12.1 Å². The number of nitrogens with zero attached hydrogens (tertiary/aromatic N) is 5. The molecule has 0 atom stereocenters. The van der Waals surface area contributed by atoms with E-state index >= 15 is 8.78 Å². The van der Waals surface area contributed by atoms with Gasteiger partial charge in [-0.15, -0.1) is 0 Å². The minimum atomic E-state index is -4.26. The number of sulfone groups is 1. The van der Waals surface area contributed by atoms with E-state index in [4.69, 9.17) is 5.53 Å². The van der Waals surface area contributed by atoms with Gasteiger partial charge in [-0.2, -0.15) is 0 Å². The molecule has 0 N–H and O–H groups in total. The molecule has 1 aliphatic carbocycles. The van der Waals surface area contributed by atoms with E-state index < -0.39 is 50.1 Å². The van der Waals surface area contributed by atoms with Crippen molar-refractivity contribution in [3.05, 3.63) is 91.5 Å². The molecule has 2 aromatic carbocycles. The quantitative estimate of drug-likeness (QED) is 0.157. The lowest BCUT2D eigenvalue weighted by atomic mass is 9.86. The second-order valence-electron chi connectivity index (χ2n) is 10.9. The highest BCUT2D eigenvalue weighted by molar-refractivity contribution is 7.95. The molecule has 222 valence electrons. The predicted octanol–water partition coefficient (Wildman–Crippen LogP) is 5.08. The molecule has 0 spiro atoms. The molecule has 3 heterocycles. The summed E-state index contributed by atoms with van der Waals surface area (Å²) < 4.78 is 76.7. The molecule has 2 saturated heterocycles. The van der Waals surface area contributed by atoms with Gasteiger partial charge in [0.25, 0.3) is 0 Å². The molecule has 0 bridgehead atoms. The molecule has 0 amide bonds. The number of halogens is 3. The van der Waals surface area contributed by atoms with Crippen LogP contribution in [0.3, 0.4) is 0 Å². The lowest BCUT2D eigenvalue weighted by Gasteiger charge is -2.32. The largest absolute Gasteiger partial charge is 0.545 e. The van der Waals surface area contributed by atoms with Crippen LogP contribution < -0.4 is 10.0 Å². The van der Waals surface area contributed by atoms with Crippen LogP contribution in [0.15, 0.2) is 56.9 Å². The molecule has 0 unspecified atom stereocenters. The molecule has 0 radical (unpaired) electrons. The topological polar surface area (TPSA) is 129 Å². The van der Waals surface area contributed by atoms with Crippen molar-refractivity contribution >= 4 is 38.5 Å². The Labute approximate surface area is 245 Å².